The summed E-state index contributed by atoms with van der Waals surface area (Å²) in [5.41, 5.74) is 1.75. The van der Waals surface area contributed by atoms with Crippen LogP contribution in [0.1, 0.15) is 24.1 Å². The summed E-state index contributed by atoms with van der Waals surface area (Å²) >= 11 is 0. The average molecular weight is 287 g/mol. The normalized spacial score (nSPS) is 13.8. The first-order valence-electron chi connectivity index (χ1n) is 7.03. The Balaban J connectivity index is 2.05. The van der Waals surface area contributed by atoms with E-state index in [1.165, 1.54) is 18.2 Å². The number of aliphatic hydroxyl groups is 1. The molecule has 0 fully saturated rings. The van der Waals surface area contributed by atoms with Gasteiger partial charge in [-0.25, -0.2) is 0 Å². The zero-order chi connectivity index (χ0) is 15.2. The monoisotopic (exact) mass is 287 g/mol. The van der Waals surface area contributed by atoms with Gasteiger partial charge in [0.05, 0.1) is 6.61 Å². The number of benzene rings is 2. The molecule has 0 bridgehead atoms. The van der Waals surface area contributed by atoms with E-state index in [1.807, 2.05) is 37.3 Å². The van der Waals surface area contributed by atoms with Crippen LogP contribution in [0, 0.1) is 0 Å². The summed E-state index contributed by atoms with van der Waals surface area (Å²) < 4.78 is 0. The fourth-order valence-electron chi connectivity index (χ4n) is 2.41. The van der Waals surface area contributed by atoms with Crippen LogP contribution in [0.3, 0.4) is 0 Å². The van der Waals surface area contributed by atoms with Crippen LogP contribution in [0.5, 0.6) is 11.5 Å². The topological polar surface area (TPSA) is 72.7 Å². The molecule has 112 valence electrons. The maximum atomic E-state index is 9.87. The zero-order valence-corrected chi connectivity index (χ0v) is 12.0. The Morgan fingerprint density at radius 3 is 2.43 bits per heavy atom. The summed E-state index contributed by atoms with van der Waals surface area (Å²) in [6.07, 6.45) is 0.696. The Morgan fingerprint density at radius 1 is 1.05 bits per heavy atom. The molecule has 0 aliphatic rings. The van der Waals surface area contributed by atoms with Crippen molar-refractivity contribution in [3.63, 3.8) is 0 Å². The number of hydrogen-bond acceptors (Lipinski definition) is 4. The molecule has 0 spiro atoms. The lowest BCUT2D eigenvalue weighted by molar-refractivity contribution is 0.232. The predicted octanol–water partition coefficient (Wildman–Crippen LogP) is 2.35. The van der Waals surface area contributed by atoms with Crippen LogP contribution in [0.15, 0.2) is 48.5 Å². The van der Waals surface area contributed by atoms with Crippen LogP contribution in [0.2, 0.25) is 0 Å². The summed E-state index contributed by atoms with van der Waals surface area (Å²) in [4.78, 5) is 0. The first-order chi connectivity index (χ1) is 10.1. The Morgan fingerprint density at radius 2 is 1.76 bits per heavy atom. The predicted molar refractivity (Wildman–Crippen MR) is 82.3 cm³/mol. The van der Waals surface area contributed by atoms with Gasteiger partial charge in [-0.2, -0.15) is 0 Å². The molecule has 4 N–H and O–H groups in total. The quantitative estimate of drug-likeness (QED) is 0.615. The summed E-state index contributed by atoms with van der Waals surface area (Å²) in [7, 11) is 0. The van der Waals surface area contributed by atoms with E-state index in [9.17, 15) is 15.3 Å². The van der Waals surface area contributed by atoms with E-state index >= 15 is 0 Å². The molecule has 0 radical (unpaired) electrons. The highest BCUT2D eigenvalue weighted by molar-refractivity contribution is 5.40. The van der Waals surface area contributed by atoms with E-state index in [2.05, 4.69) is 5.32 Å². The highest BCUT2D eigenvalue weighted by atomic mass is 16.3. The molecular weight excluding hydrogens is 266 g/mol. The third-order valence-electron chi connectivity index (χ3n) is 3.51. The van der Waals surface area contributed by atoms with Gasteiger partial charge in [-0.3, -0.25) is 0 Å². The molecule has 0 aromatic heterocycles. The largest absolute Gasteiger partial charge is 0.508 e. The average Bonchev–Trinajstić information content (AvgIpc) is 2.50. The summed E-state index contributed by atoms with van der Waals surface area (Å²) in [5.74, 6) is 0.240. The molecule has 0 aliphatic carbocycles. The van der Waals surface area contributed by atoms with E-state index in [0.717, 1.165) is 5.56 Å². The van der Waals surface area contributed by atoms with Crippen molar-refractivity contribution in [1.29, 1.82) is 0 Å². The van der Waals surface area contributed by atoms with E-state index in [1.54, 1.807) is 0 Å². The number of hydrogen-bond donors (Lipinski definition) is 4. The molecule has 0 heterocycles. The fraction of sp³-hybridized carbons (Fsp3) is 0.294. The lowest BCUT2D eigenvalue weighted by Crippen LogP contribution is -2.36. The van der Waals surface area contributed by atoms with E-state index < -0.39 is 0 Å². The van der Waals surface area contributed by atoms with E-state index in [0.29, 0.717) is 12.0 Å². The van der Waals surface area contributed by atoms with Crippen molar-refractivity contribution in [1.82, 2.24) is 5.32 Å². The molecule has 0 aliphatic heterocycles. The highest BCUT2D eigenvalue weighted by Crippen LogP contribution is 2.28. The molecule has 2 aromatic rings. The molecule has 21 heavy (non-hydrogen) atoms. The molecule has 2 rings (SSSR count). The first-order valence-corrected chi connectivity index (χ1v) is 7.03. The van der Waals surface area contributed by atoms with Gasteiger partial charge >= 0.3 is 0 Å². The van der Waals surface area contributed by atoms with Crippen LogP contribution in [-0.2, 0) is 6.42 Å². The fourth-order valence-corrected chi connectivity index (χ4v) is 2.41. The zero-order valence-electron chi connectivity index (χ0n) is 12.0. The molecule has 0 saturated carbocycles. The van der Waals surface area contributed by atoms with Gasteiger partial charge in [-0.15, -0.1) is 0 Å². The maximum Gasteiger partial charge on any atom is 0.120 e. The SMILES string of the molecule is CC(NC(CO)Cc1ccccc1)c1cc(O)ccc1O. The molecule has 2 aromatic carbocycles. The van der Waals surface area contributed by atoms with Gasteiger partial charge in [-0.05, 0) is 37.1 Å². The molecule has 0 saturated heterocycles. The van der Waals surface area contributed by atoms with Crippen LogP contribution >= 0.6 is 0 Å². The molecule has 2 unspecified atom stereocenters. The van der Waals surface area contributed by atoms with Crippen molar-refractivity contribution in [3.05, 3.63) is 59.7 Å². The maximum absolute atomic E-state index is 9.87. The van der Waals surface area contributed by atoms with Crippen LogP contribution < -0.4 is 5.32 Å². The Labute approximate surface area is 124 Å². The summed E-state index contributed by atoms with van der Waals surface area (Å²) in [6.45, 7) is 1.89. The summed E-state index contributed by atoms with van der Waals surface area (Å²) in [5, 5.41) is 32.2. The second-order valence-electron chi connectivity index (χ2n) is 5.20. The lowest BCUT2D eigenvalue weighted by Gasteiger charge is -2.23. The van der Waals surface area contributed by atoms with Crippen molar-refractivity contribution in [2.24, 2.45) is 0 Å². The van der Waals surface area contributed by atoms with Crippen LogP contribution in [-0.4, -0.2) is 28.0 Å². The third kappa shape index (κ3) is 4.21. The number of aliphatic hydroxyl groups excluding tert-OH is 1. The smallest absolute Gasteiger partial charge is 0.120 e. The van der Waals surface area contributed by atoms with Gasteiger partial charge < -0.3 is 20.6 Å². The molecule has 4 nitrogen and oxygen atoms in total. The third-order valence-corrected chi connectivity index (χ3v) is 3.51. The highest BCUT2D eigenvalue weighted by Gasteiger charge is 2.16. The van der Waals surface area contributed by atoms with Gasteiger partial charge in [-0.1, -0.05) is 30.3 Å². The van der Waals surface area contributed by atoms with Crippen molar-refractivity contribution in [2.45, 2.75) is 25.4 Å². The Hall–Kier alpha value is -2.04. The van der Waals surface area contributed by atoms with E-state index in [4.69, 9.17) is 0 Å². The Kier molecular flexibility index (Phi) is 5.20. The second-order valence-corrected chi connectivity index (χ2v) is 5.20. The number of aromatic hydroxyl groups is 2. The van der Waals surface area contributed by atoms with Crippen LogP contribution in [0.4, 0.5) is 0 Å². The summed E-state index contributed by atoms with van der Waals surface area (Å²) in [6, 6.07) is 14.1. The first kappa shape index (κ1) is 15.4. The van der Waals surface area contributed by atoms with Crippen molar-refractivity contribution in [3.8, 4) is 11.5 Å². The molecular formula is C17H21NO3. The Bertz CT molecular complexity index is 572. The number of phenols is 2. The minimum absolute atomic E-state index is 0.00118. The van der Waals surface area contributed by atoms with Gasteiger partial charge in [0.2, 0.25) is 0 Å². The molecule has 0 amide bonds. The van der Waals surface area contributed by atoms with Crippen molar-refractivity contribution in [2.75, 3.05) is 6.61 Å². The number of nitrogens with one attached hydrogen (secondary N) is 1. The standard InChI is InChI=1S/C17H21NO3/c1-12(16-10-15(20)7-8-17(16)21)18-14(11-19)9-13-5-3-2-4-6-13/h2-8,10,12,14,18-21H,9,11H2,1H3. The van der Waals surface area contributed by atoms with E-state index in [-0.39, 0.29) is 30.2 Å². The van der Waals surface area contributed by atoms with Crippen LogP contribution in [0.25, 0.3) is 0 Å². The van der Waals surface area contributed by atoms with Gasteiger partial charge in [0.1, 0.15) is 11.5 Å². The lowest BCUT2D eigenvalue weighted by atomic mass is 10.0. The van der Waals surface area contributed by atoms with Gasteiger partial charge in [0.15, 0.2) is 0 Å². The number of phenolic OH excluding ortho intramolecular Hbond substituents is 2. The molecule has 4 heteroatoms. The minimum atomic E-state index is -0.182. The van der Waals surface area contributed by atoms with Crippen molar-refractivity contribution >= 4 is 0 Å². The van der Waals surface area contributed by atoms with Gasteiger partial charge in [0, 0.05) is 17.6 Å². The minimum Gasteiger partial charge on any atom is -0.508 e. The van der Waals surface area contributed by atoms with Gasteiger partial charge in [0.25, 0.3) is 0 Å². The second kappa shape index (κ2) is 7.11. The van der Waals surface area contributed by atoms with Crippen molar-refractivity contribution < 1.29 is 15.3 Å². The number of rotatable bonds is 6. The molecule has 2 atom stereocenters.